The van der Waals surface area contributed by atoms with Crippen molar-refractivity contribution in [3.05, 3.63) is 24.3 Å². The lowest BCUT2D eigenvalue weighted by atomic mass is 10.0. The summed E-state index contributed by atoms with van der Waals surface area (Å²) in [6.07, 6.45) is 81.4. The number of hydrogen-bond acceptors (Lipinski definition) is 5. The molecule has 0 aliphatic heterocycles. The first-order valence-electron chi connectivity index (χ1n) is 35.7. The van der Waals surface area contributed by atoms with E-state index in [0.29, 0.717) is 23.9 Å². The fourth-order valence-corrected chi connectivity index (χ4v) is 11.9. The van der Waals surface area contributed by atoms with Gasteiger partial charge < -0.3 is 19.8 Å². The van der Waals surface area contributed by atoms with Crippen LogP contribution in [0.4, 0.5) is 0 Å². The lowest BCUT2D eigenvalue weighted by molar-refractivity contribution is -0.870. The maximum absolute atomic E-state index is 13.1. The van der Waals surface area contributed by atoms with Gasteiger partial charge in [-0.25, -0.2) is 4.57 Å². The van der Waals surface area contributed by atoms with E-state index in [4.69, 9.17) is 9.05 Å². The monoisotopic (exact) mass is 1150 g/mol. The van der Waals surface area contributed by atoms with Crippen molar-refractivity contribution in [1.29, 1.82) is 0 Å². The minimum Gasteiger partial charge on any atom is -0.391 e. The zero-order valence-electron chi connectivity index (χ0n) is 54.6. The van der Waals surface area contributed by atoms with Gasteiger partial charge in [0.1, 0.15) is 13.2 Å². The molecule has 0 saturated heterocycles. The summed E-state index contributed by atoms with van der Waals surface area (Å²) in [5.74, 6) is -0.138. The first-order valence-corrected chi connectivity index (χ1v) is 37.2. The molecule has 0 rings (SSSR count). The zero-order chi connectivity index (χ0) is 58.4. The number of hydrogen-bond donors (Lipinski definition) is 3. The van der Waals surface area contributed by atoms with Crippen molar-refractivity contribution in [2.45, 2.75) is 386 Å². The van der Waals surface area contributed by atoms with Crippen molar-refractivity contribution in [1.82, 2.24) is 5.32 Å². The SMILES string of the molecule is CCCCCCC/C=C\C/C=C\CCCCCCCCCCCCCCCC(=O)NC(COP(=O)(O)OCC[N+](C)(C)C)C(O)CCCCCCCCCCCCCCCCCCCCCCCCCCCCCCCCCCC. The van der Waals surface area contributed by atoms with Crippen LogP contribution in [0.25, 0.3) is 0 Å². The fraction of sp³-hybridized carbons (Fsp3) is 0.930. The molecular weight excluding hydrogens is 1010 g/mol. The predicted molar refractivity (Wildman–Crippen MR) is 351 cm³/mol. The van der Waals surface area contributed by atoms with Crippen LogP contribution in [0, 0.1) is 0 Å². The molecule has 3 unspecified atom stereocenters. The largest absolute Gasteiger partial charge is 0.472 e. The molecule has 0 aliphatic rings. The number of aliphatic hydroxyl groups excluding tert-OH is 1. The quantitative estimate of drug-likeness (QED) is 0.0243. The number of phosphoric ester groups is 1. The molecule has 476 valence electrons. The highest BCUT2D eigenvalue weighted by Gasteiger charge is 2.28. The number of carbonyl (C=O) groups excluding carboxylic acids is 1. The third kappa shape index (κ3) is 64.5. The van der Waals surface area contributed by atoms with Crippen LogP contribution in [-0.2, 0) is 18.4 Å². The minimum atomic E-state index is -4.33. The first kappa shape index (κ1) is 79.0. The highest BCUT2D eigenvalue weighted by molar-refractivity contribution is 7.47. The van der Waals surface area contributed by atoms with Crippen molar-refractivity contribution in [3.63, 3.8) is 0 Å². The van der Waals surface area contributed by atoms with Crippen molar-refractivity contribution in [2.24, 2.45) is 0 Å². The molecule has 9 heteroatoms. The van der Waals surface area contributed by atoms with Crippen LogP contribution in [0.15, 0.2) is 24.3 Å². The van der Waals surface area contributed by atoms with Gasteiger partial charge in [-0.15, -0.1) is 0 Å². The molecule has 0 aromatic carbocycles. The molecule has 1 amide bonds. The molecule has 0 bridgehead atoms. The third-order valence-corrected chi connectivity index (χ3v) is 17.7. The summed E-state index contributed by atoms with van der Waals surface area (Å²) in [5.41, 5.74) is 0. The Labute approximate surface area is 500 Å². The van der Waals surface area contributed by atoms with Crippen LogP contribution in [0.3, 0.4) is 0 Å². The Hall–Kier alpha value is -1.02. The van der Waals surface area contributed by atoms with E-state index in [0.717, 1.165) is 44.9 Å². The molecular formula is C71H142N2O6P+. The van der Waals surface area contributed by atoms with Crippen LogP contribution in [-0.4, -0.2) is 73.4 Å². The van der Waals surface area contributed by atoms with Gasteiger partial charge in [0.15, 0.2) is 0 Å². The number of quaternary nitrogens is 1. The molecule has 0 heterocycles. The normalized spacial score (nSPS) is 13.7. The smallest absolute Gasteiger partial charge is 0.391 e. The standard InChI is InChI=1S/C71H141N2O6P/c1-6-8-10-12-14-16-18-20-22-24-26-28-30-32-33-34-35-36-37-38-39-41-42-44-46-48-50-52-54-56-58-60-62-64-70(74)69(68-79-80(76,77)78-67-66-73(3,4)5)72-71(75)65-63-61-59-57-55-53-51-49-47-45-43-40-31-29-27-25-23-21-19-17-15-13-11-9-7-2/h19,21,25,27,69-70,74H,6-18,20,22-24,26,28-68H2,1-5H3,(H-,72,75,76,77)/p+1/b21-19-,27-25-. The second kappa shape index (κ2) is 62.5. The predicted octanol–water partition coefficient (Wildman–Crippen LogP) is 22.7. The van der Waals surface area contributed by atoms with E-state index in [-0.39, 0.29) is 19.1 Å². The van der Waals surface area contributed by atoms with Gasteiger partial charge in [0, 0.05) is 6.42 Å². The number of carbonyl (C=O) groups is 1. The molecule has 3 atom stereocenters. The van der Waals surface area contributed by atoms with Crippen molar-refractivity contribution >= 4 is 13.7 Å². The van der Waals surface area contributed by atoms with Gasteiger partial charge in [-0.05, 0) is 44.9 Å². The number of amides is 1. The van der Waals surface area contributed by atoms with Gasteiger partial charge in [0.25, 0.3) is 0 Å². The highest BCUT2D eigenvalue weighted by Crippen LogP contribution is 2.43. The minimum absolute atomic E-state index is 0.0765. The summed E-state index contributed by atoms with van der Waals surface area (Å²) in [6.45, 7) is 4.94. The van der Waals surface area contributed by atoms with E-state index in [1.165, 1.54) is 302 Å². The first-order chi connectivity index (χ1) is 39.0. The topological polar surface area (TPSA) is 105 Å². The number of rotatable bonds is 67. The molecule has 0 spiro atoms. The summed E-state index contributed by atoms with van der Waals surface area (Å²) < 4.78 is 23.9. The number of likely N-dealkylation sites (N-methyl/N-ethyl adjacent to an activating group) is 1. The van der Waals surface area contributed by atoms with Crippen LogP contribution < -0.4 is 5.32 Å². The Bertz CT molecular complexity index is 1350. The van der Waals surface area contributed by atoms with E-state index in [1.54, 1.807) is 0 Å². The van der Waals surface area contributed by atoms with E-state index in [2.05, 4.69) is 43.5 Å². The molecule has 0 radical (unpaired) electrons. The Balaban J connectivity index is 3.98. The summed E-state index contributed by atoms with van der Waals surface area (Å²) in [6, 6.07) is -0.762. The molecule has 8 nitrogen and oxygen atoms in total. The number of nitrogens with one attached hydrogen (secondary N) is 1. The lowest BCUT2D eigenvalue weighted by Gasteiger charge is -2.26. The van der Waals surface area contributed by atoms with Crippen LogP contribution >= 0.6 is 7.82 Å². The van der Waals surface area contributed by atoms with Gasteiger partial charge in [-0.1, -0.05) is 346 Å². The second-order valence-corrected chi connectivity index (χ2v) is 27.4. The van der Waals surface area contributed by atoms with E-state index in [9.17, 15) is 19.4 Å². The maximum Gasteiger partial charge on any atom is 0.472 e. The van der Waals surface area contributed by atoms with E-state index in [1.807, 2.05) is 21.1 Å². The fourth-order valence-electron chi connectivity index (χ4n) is 11.1. The molecule has 80 heavy (non-hydrogen) atoms. The van der Waals surface area contributed by atoms with Gasteiger partial charge >= 0.3 is 7.82 Å². The summed E-state index contributed by atoms with van der Waals surface area (Å²) in [4.78, 5) is 23.5. The van der Waals surface area contributed by atoms with Gasteiger partial charge in [-0.3, -0.25) is 13.8 Å². The summed E-state index contributed by atoms with van der Waals surface area (Å²) >= 11 is 0. The number of nitrogens with zero attached hydrogens (tertiary/aromatic N) is 1. The molecule has 0 aliphatic carbocycles. The zero-order valence-corrected chi connectivity index (χ0v) is 55.5. The van der Waals surface area contributed by atoms with E-state index < -0.39 is 20.0 Å². The maximum atomic E-state index is 13.1. The van der Waals surface area contributed by atoms with Crippen molar-refractivity contribution < 1.29 is 32.9 Å². The van der Waals surface area contributed by atoms with Gasteiger partial charge in [0.05, 0.1) is 39.9 Å². The van der Waals surface area contributed by atoms with Crippen LogP contribution in [0.2, 0.25) is 0 Å². The average molecular weight is 1150 g/mol. The van der Waals surface area contributed by atoms with Gasteiger partial charge in [-0.2, -0.15) is 0 Å². The van der Waals surface area contributed by atoms with Crippen LogP contribution in [0.5, 0.6) is 0 Å². The van der Waals surface area contributed by atoms with Crippen molar-refractivity contribution in [3.8, 4) is 0 Å². The molecule has 3 N–H and O–H groups in total. The third-order valence-electron chi connectivity index (χ3n) is 16.7. The van der Waals surface area contributed by atoms with Crippen molar-refractivity contribution in [2.75, 3.05) is 40.9 Å². The Morgan fingerprint density at radius 2 is 0.713 bits per heavy atom. The Kier molecular flexibility index (Phi) is 61.7. The Morgan fingerprint density at radius 3 is 1.02 bits per heavy atom. The average Bonchev–Trinajstić information content (AvgIpc) is 3.42. The van der Waals surface area contributed by atoms with Crippen LogP contribution in [0.1, 0.15) is 373 Å². The molecule has 0 fully saturated rings. The summed E-state index contributed by atoms with van der Waals surface area (Å²) in [7, 11) is 1.63. The molecule has 0 saturated carbocycles. The second-order valence-electron chi connectivity index (χ2n) is 26.0. The lowest BCUT2D eigenvalue weighted by Crippen LogP contribution is -2.46. The Morgan fingerprint density at radius 1 is 0.425 bits per heavy atom. The number of allylic oxidation sites excluding steroid dienone is 4. The van der Waals surface area contributed by atoms with Gasteiger partial charge in [0.2, 0.25) is 5.91 Å². The van der Waals surface area contributed by atoms with E-state index >= 15 is 0 Å². The number of unbranched alkanes of at least 4 members (excludes halogenated alkanes) is 50. The highest BCUT2D eigenvalue weighted by atomic mass is 31.2. The summed E-state index contributed by atoms with van der Waals surface area (Å²) in [5, 5.41) is 14.2. The number of phosphoric acid groups is 1. The molecule has 0 aromatic heterocycles. The molecule has 0 aromatic rings. The number of aliphatic hydroxyl groups is 1.